The van der Waals surface area contributed by atoms with Crippen LogP contribution in [0.3, 0.4) is 0 Å². The fraction of sp³-hybridized carbons (Fsp3) is 0.727. The Kier molecular flexibility index (Phi) is 2.47. The molecule has 0 aromatic carbocycles. The molecule has 0 aromatic heterocycles. The van der Waals surface area contributed by atoms with Gasteiger partial charge in [0.1, 0.15) is 19.5 Å². The average molecular weight is 224 g/mol. The van der Waals surface area contributed by atoms with Gasteiger partial charge in [0.05, 0.1) is 0 Å². The van der Waals surface area contributed by atoms with Crippen molar-refractivity contribution in [2.45, 2.75) is 0 Å². The van der Waals surface area contributed by atoms with Gasteiger partial charge in [-0.15, -0.1) is 0 Å². The topological polar surface area (TPSA) is 50.8 Å². The van der Waals surface area contributed by atoms with E-state index in [1.807, 2.05) is 4.90 Å². The van der Waals surface area contributed by atoms with Crippen molar-refractivity contribution in [3.8, 4) is 0 Å². The summed E-state index contributed by atoms with van der Waals surface area (Å²) >= 11 is 0. The molecule has 5 nitrogen and oxygen atoms in total. The van der Waals surface area contributed by atoms with Gasteiger partial charge in [0.2, 0.25) is 5.76 Å². The normalized spacial score (nSPS) is 32.8. The molecule has 0 aromatic rings. The second kappa shape index (κ2) is 3.97. The molecule has 5 heteroatoms. The maximum atomic E-state index is 12.1. The second-order valence-corrected chi connectivity index (χ2v) is 4.59. The molecule has 0 spiro atoms. The number of rotatable bonds is 1. The van der Waals surface area contributed by atoms with Gasteiger partial charge < -0.3 is 19.7 Å². The number of hydrogen-bond donors (Lipinski definition) is 1. The minimum Gasteiger partial charge on any atom is -0.494 e. The van der Waals surface area contributed by atoms with Crippen LogP contribution in [0.5, 0.6) is 0 Å². The van der Waals surface area contributed by atoms with Crippen molar-refractivity contribution in [1.29, 1.82) is 0 Å². The number of nitrogens with zero attached hydrogens (tertiary/aromatic N) is 1. The van der Waals surface area contributed by atoms with Crippen molar-refractivity contribution < 1.29 is 14.3 Å². The van der Waals surface area contributed by atoms with Crippen LogP contribution in [0.25, 0.3) is 0 Å². The first-order chi connectivity index (χ1) is 7.84. The Bertz CT molecular complexity index is 317. The van der Waals surface area contributed by atoms with Crippen LogP contribution >= 0.6 is 0 Å². The minimum absolute atomic E-state index is 0.0194. The Morgan fingerprint density at radius 1 is 1.31 bits per heavy atom. The summed E-state index contributed by atoms with van der Waals surface area (Å²) in [5.41, 5.74) is 0. The number of amides is 1. The predicted octanol–water partition coefficient (Wildman–Crippen LogP) is -0.448. The zero-order valence-corrected chi connectivity index (χ0v) is 9.15. The standard InChI is InChI=1S/C11H16N2O3/c14-11(10-7-15-1-2-16-10)13-5-8-3-12-4-9(8)6-13/h7-9,12H,1-6H2/t8-,9+. The SMILES string of the molecule is O=C(C1=COCCO1)N1C[C@H]2CNC[C@H]2C1. The third kappa shape index (κ3) is 1.65. The van der Waals surface area contributed by atoms with E-state index < -0.39 is 0 Å². The van der Waals surface area contributed by atoms with Crippen LogP contribution < -0.4 is 5.32 Å². The molecule has 0 aliphatic carbocycles. The Labute approximate surface area is 94.4 Å². The van der Waals surface area contributed by atoms with E-state index in [1.54, 1.807) is 0 Å². The van der Waals surface area contributed by atoms with Gasteiger partial charge in [0.15, 0.2) is 0 Å². The number of carbonyl (C=O) groups excluding carboxylic acids is 1. The van der Waals surface area contributed by atoms with Crippen molar-refractivity contribution in [3.63, 3.8) is 0 Å². The quantitative estimate of drug-likeness (QED) is 0.655. The van der Waals surface area contributed by atoms with E-state index >= 15 is 0 Å². The highest BCUT2D eigenvalue weighted by molar-refractivity contribution is 5.91. The van der Waals surface area contributed by atoms with E-state index in [4.69, 9.17) is 9.47 Å². The summed E-state index contributed by atoms with van der Waals surface area (Å²) in [6.07, 6.45) is 1.44. The molecule has 2 saturated heterocycles. The molecular weight excluding hydrogens is 208 g/mol. The smallest absolute Gasteiger partial charge is 0.292 e. The van der Waals surface area contributed by atoms with E-state index in [0.29, 0.717) is 30.8 Å². The fourth-order valence-corrected chi connectivity index (χ4v) is 2.66. The number of nitrogens with one attached hydrogen (secondary N) is 1. The van der Waals surface area contributed by atoms with E-state index in [9.17, 15) is 4.79 Å². The monoisotopic (exact) mass is 224 g/mol. The van der Waals surface area contributed by atoms with Crippen LogP contribution in [0.1, 0.15) is 0 Å². The van der Waals surface area contributed by atoms with Crippen molar-refractivity contribution in [2.24, 2.45) is 11.8 Å². The molecule has 16 heavy (non-hydrogen) atoms. The Hall–Kier alpha value is -1.23. The lowest BCUT2D eigenvalue weighted by atomic mass is 10.0. The molecule has 0 saturated carbocycles. The molecule has 1 amide bonds. The van der Waals surface area contributed by atoms with Crippen LogP contribution in [-0.2, 0) is 14.3 Å². The highest BCUT2D eigenvalue weighted by Crippen LogP contribution is 2.27. The number of fused-ring (bicyclic) bond motifs is 1. The van der Waals surface area contributed by atoms with Gasteiger partial charge in [0.25, 0.3) is 5.91 Å². The van der Waals surface area contributed by atoms with E-state index in [0.717, 1.165) is 26.2 Å². The molecule has 3 aliphatic rings. The van der Waals surface area contributed by atoms with Crippen LogP contribution in [0.2, 0.25) is 0 Å². The van der Waals surface area contributed by atoms with Crippen LogP contribution in [0.4, 0.5) is 0 Å². The lowest BCUT2D eigenvalue weighted by Crippen LogP contribution is -2.34. The summed E-state index contributed by atoms with van der Waals surface area (Å²) in [6, 6.07) is 0. The zero-order chi connectivity index (χ0) is 11.0. The Morgan fingerprint density at radius 3 is 2.69 bits per heavy atom. The lowest BCUT2D eigenvalue weighted by molar-refractivity contribution is -0.131. The molecule has 0 bridgehead atoms. The fourth-order valence-electron chi connectivity index (χ4n) is 2.66. The minimum atomic E-state index is -0.0194. The maximum Gasteiger partial charge on any atom is 0.292 e. The van der Waals surface area contributed by atoms with Gasteiger partial charge in [0, 0.05) is 26.2 Å². The second-order valence-electron chi connectivity index (χ2n) is 4.59. The molecule has 88 valence electrons. The van der Waals surface area contributed by atoms with Gasteiger partial charge in [-0.3, -0.25) is 4.79 Å². The number of ether oxygens (including phenoxy) is 2. The van der Waals surface area contributed by atoms with Gasteiger partial charge in [-0.2, -0.15) is 0 Å². The maximum absolute atomic E-state index is 12.1. The molecule has 0 unspecified atom stereocenters. The zero-order valence-electron chi connectivity index (χ0n) is 9.15. The van der Waals surface area contributed by atoms with Crippen molar-refractivity contribution in [1.82, 2.24) is 10.2 Å². The summed E-state index contributed by atoms with van der Waals surface area (Å²) < 4.78 is 10.4. The Morgan fingerprint density at radius 2 is 2.06 bits per heavy atom. The molecule has 2 atom stereocenters. The molecule has 2 fully saturated rings. The first kappa shape index (κ1) is 9.96. The highest BCUT2D eigenvalue weighted by atomic mass is 16.6. The summed E-state index contributed by atoms with van der Waals surface area (Å²) in [7, 11) is 0. The van der Waals surface area contributed by atoms with Gasteiger partial charge in [-0.1, -0.05) is 0 Å². The first-order valence-electron chi connectivity index (χ1n) is 5.79. The van der Waals surface area contributed by atoms with Crippen LogP contribution in [0.15, 0.2) is 12.0 Å². The molecule has 3 rings (SSSR count). The van der Waals surface area contributed by atoms with Crippen molar-refractivity contribution in [2.75, 3.05) is 39.4 Å². The summed E-state index contributed by atoms with van der Waals surface area (Å²) in [6.45, 7) is 4.76. The molecule has 0 radical (unpaired) electrons. The van der Waals surface area contributed by atoms with Crippen LogP contribution in [0, 0.1) is 11.8 Å². The van der Waals surface area contributed by atoms with Crippen molar-refractivity contribution >= 4 is 5.91 Å². The summed E-state index contributed by atoms with van der Waals surface area (Å²) in [5.74, 6) is 1.58. The number of likely N-dealkylation sites (tertiary alicyclic amines) is 1. The van der Waals surface area contributed by atoms with Gasteiger partial charge >= 0.3 is 0 Å². The molecule has 1 N–H and O–H groups in total. The Balaban J connectivity index is 1.65. The van der Waals surface area contributed by atoms with Gasteiger partial charge in [-0.05, 0) is 11.8 Å². The van der Waals surface area contributed by atoms with E-state index in [1.165, 1.54) is 6.26 Å². The van der Waals surface area contributed by atoms with Crippen molar-refractivity contribution in [3.05, 3.63) is 12.0 Å². The molecule has 3 aliphatic heterocycles. The average Bonchev–Trinajstić information content (AvgIpc) is 2.89. The molecule has 3 heterocycles. The molecular formula is C11H16N2O3. The first-order valence-corrected chi connectivity index (χ1v) is 5.79. The summed E-state index contributed by atoms with van der Waals surface area (Å²) in [5, 5.41) is 3.35. The largest absolute Gasteiger partial charge is 0.494 e. The number of hydrogen-bond acceptors (Lipinski definition) is 4. The highest BCUT2D eigenvalue weighted by Gasteiger charge is 2.39. The lowest BCUT2D eigenvalue weighted by Gasteiger charge is -2.21. The predicted molar refractivity (Wildman–Crippen MR) is 56.4 cm³/mol. The van der Waals surface area contributed by atoms with Gasteiger partial charge in [-0.25, -0.2) is 0 Å². The third-order valence-electron chi connectivity index (χ3n) is 3.54. The van der Waals surface area contributed by atoms with E-state index in [2.05, 4.69) is 5.32 Å². The van der Waals surface area contributed by atoms with E-state index in [-0.39, 0.29) is 5.91 Å². The number of carbonyl (C=O) groups is 1. The summed E-state index contributed by atoms with van der Waals surface area (Å²) in [4.78, 5) is 13.9. The third-order valence-corrected chi connectivity index (χ3v) is 3.54. The van der Waals surface area contributed by atoms with Crippen LogP contribution in [-0.4, -0.2) is 50.2 Å².